The van der Waals surface area contributed by atoms with Crippen molar-refractivity contribution in [3.8, 4) is 5.75 Å². The molecule has 0 heterocycles. The highest BCUT2D eigenvalue weighted by Crippen LogP contribution is 2.19. The average molecular weight is 291 g/mol. The SMILES string of the molecule is CCNC(=NCc1ccc(C)c(OC)c1)NCCC(C)C. The Bertz CT molecular complexity index is 455. The number of nitrogens with one attached hydrogen (secondary N) is 2. The highest BCUT2D eigenvalue weighted by atomic mass is 16.5. The molecule has 0 aliphatic rings. The zero-order chi connectivity index (χ0) is 15.7. The molecular formula is C17H29N3O. The Labute approximate surface area is 129 Å². The lowest BCUT2D eigenvalue weighted by Crippen LogP contribution is -2.38. The molecule has 1 rings (SSSR count). The van der Waals surface area contributed by atoms with Crippen LogP contribution in [0.25, 0.3) is 0 Å². The van der Waals surface area contributed by atoms with E-state index in [2.05, 4.69) is 54.6 Å². The number of methoxy groups -OCH3 is 1. The van der Waals surface area contributed by atoms with Gasteiger partial charge in [-0.3, -0.25) is 0 Å². The molecule has 0 saturated carbocycles. The molecule has 1 aromatic carbocycles. The lowest BCUT2D eigenvalue weighted by molar-refractivity contribution is 0.411. The van der Waals surface area contributed by atoms with E-state index in [0.717, 1.165) is 42.3 Å². The number of hydrogen-bond donors (Lipinski definition) is 2. The minimum Gasteiger partial charge on any atom is -0.496 e. The molecule has 0 atom stereocenters. The maximum absolute atomic E-state index is 5.35. The van der Waals surface area contributed by atoms with Crippen LogP contribution in [0.5, 0.6) is 5.75 Å². The Morgan fingerprint density at radius 2 is 2.05 bits per heavy atom. The first-order valence-corrected chi connectivity index (χ1v) is 7.72. The van der Waals surface area contributed by atoms with Crippen LogP contribution in [-0.2, 0) is 6.54 Å². The topological polar surface area (TPSA) is 45.7 Å². The Morgan fingerprint density at radius 3 is 2.67 bits per heavy atom. The van der Waals surface area contributed by atoms with Crippen molar-refractivity contribution in [1.29, 1.82) is 0 Å². The number of rotatable bonds is 7. The molecule has 0 bridgehead atoms. The molecule has 0 spiro atoms. The van der Waals surface area contributed by atoms with Gasteiger partial charge in [0.1, 0.15) is 5.75 Å². The molecular weight excluding hydrogens is 262 g/mol. The van der Waals surface area contributed by atoms with E-state index in [4.69, 9.17) is 4.74 Å². The minimum absolute atomic E-state index is 0.646. The molecule has 0 aliphatic heterocycles. The van der Waals surface area contributed by atoms with Crippen molar-refractivity contribution < 1.29 is 4.74 Å². The monoisotopic (exact) mass is 291 g/mol. The van der Waals surface area contributed by atoms with Gasteiger partial charge in [-0.1, -0.05) is 26.0 Å². The van der Waals surface area contributed by atoms with Crippen LogP contribution in [0.1, 0.15) is 38.3 Å². The van der Waals surface area contributed by atoms with Crippen molar-refractivity contribution in [3.63, 3.8) is 0 Å². The molecule has 0 radical (unpaired) electrons. The van der Waals surface area contributed by atoms with Crippen LogP contribution in [-0.4, -0.2) is 26.2 Å². The Balaban J connectivity index is 2.64. The molecule has 0 amide bonds. The molecule has 4 nitrogen and oxygen atoms in total. The zero-order valence-electron chi connectivity index (χ0n) is 14.0. The van der Waals surface area contributed by atoms with Crippen LogP contribution in [0.3, 0.4) is 0 Å². The van der Waals surface area contributed by atoms with Crippen molar-refractivity contribution in [3.05, 3.63) is 29.3 Å². The average Bonchev–Trinajstić information content (AvgIpc) is 2.45. The van der Waals surface area contributed by atoms with Crippen molar-refractivity contribution in [2.24, 2.45) is 10.9 Å². The molecule has 0 unspecified atom stereocenters. The van der Waals surface area contributed by atoms with Gasteiger partial charge in [-0.15, -0.1) is 0 Å². The maximum atomic E-state index is 5.35. The molecule has 4 heteroatoms. The summed E-state index contributed by atoms with van der Waals surface area (Å²) in [6.45, 7) is 11.0. The number of guanidine groups is 1. The van der Waals surface area contributed by atoms with Gasteiger partial charge < -0.3 is 15.4 Å². The van der Waals surface area contributed by atoms with Crippen LogP contribution in [0.15, 0.2) is 23.2 Å². The van der Waals surface area contributed by atoms with Gasteiger partial charge >= 0.3 is 0 Å². The van der Waals surface area contributed by atoms with Gasteiger partial charge in [0, 0.05) is 13.1 Å². The van der Waals surface area contributed by atoms with Gasteiger partial charge in [-0.2, -0.15) is 0 Å². The smallest absolute Gasteiger partial charge is 0.191 e. The second-order valence-corrected chi connectivity index (χ2v) is 5.61. The van der Waals surface area contributed by atoms with Crippen LogP contribution >= 0.6 is 0 Å². The summed E-state index contributed by atoms with van der Waals surface area (Å²) >= 11 is 0. The molecule has 0 aliphatic carbocycles. The number of benzene rings is 1. The molecule has 0 aromatic heterocycles. The van der Waals surface area contributed by atoms with Crippen molar-refractivity contribution in [1.82, 2.24) is 10.6 Å². The fourth-order valence-corrected chi connectivity index (χ4v) is 1.95. The summed E-state index contributed by atoms with van der Waals surface area (Å²) in [5.74, 6) is 2.49. The quantitative estimate of drug-likeness (QED) is 0.599. The number of hydrogen-bond acceptors (Lipinski definition) is 2. The molecule has 0 fully saturated rings. The van der Waals surface area contributed by atoms with E-state index in [1.807, 2.05) is 6.92 Å². The van der Waals surface area contributed by atoms with Crippen LogP contribution < -0.4 is 15.4 Å². The summed E-state index contributed by atoms with van der Waals surface area (Å²) in [6, 6.07) is 6.22. The third-order valence-corrected chi connectivity index (χ3v) is 3.25. The van der Waals surface area contributed by atoms with Crippen LogP contribution in [0, 0.1) is 12.8 Å². The second-order valence-electron chi connectivity index (χ2n) is 5.61. The van der Waals surface area contributed by atoms with E-state index in [1.54, 1.807) is 7.11 Å². The number of aryl methyl sites for hydroxylation is 1. The van der Waals surface area contributed by atoms with E-state index in [0.29, 0.717) is 12.5 Å². The van der Waals surface area contributed by atoms with Gasteiger partial charge in [0.15, 0.2) is 5.96 Å². The van der Waals surface area contributed by atoms with Crippen molar-refractivity contribution in [2.75, 3.05) is 20.2 Å². The molecule has 21 heavy (non-hydrogen) atoms. The maximum Gasteiger partial charge on any atom is 0.191 e. The summed E-state index contributed by atoms with van der Waals surface area (Å²) in [4.78, 5) is 4.62. The fourth-order valence-electron chi connectivity index (χ4n) is 1.95. The lowest BCUT2D eigenvalue weighted by Gasteiger charge is -2.12. The van der Waals surface area contributed by atoms with E-state index in [9.17, 15) is 0 Å². The summed E-state index contributed by atoms with van der Waals surface area (Å²) in [7, 11) is 1.70. The first kappa shape index (κ1) is 17.3. The minimum atomic E-state index is 0.646. The number of nitrogens with zero attached hydrogens (tertiary/aromatic N) is 1. The summed E-state index contributed by atoms with van der Waals surface area (Å²) < 4.78 is 5.35. The third-order valence-electron chi connectivity index (χ3n) is 3.25. The van der Waals surface area contributed by atoms with E-state index >= 15 is 0 Å². The lowest BCUT2D eigenvalue weighted by atomic mass is 10.1. The van der Waals surface area contributed by atoms with Crippen molar-refractivity contribution in [2.45, 2.75) is 40.7 Å². The molecule has 2 N–H and O–H groups in total. The van der Waals surface area contributed by atoms with Gasteiger partial charge in [-0.05, 0) is 43.4 Å². The molecule has 1 aromatic rings. The largest absolute Gasteiger partial charge is 0.496 e. The summed E-state index contributed by atoms with van der Waals surface area (Å²) in [6.07, 6.45) is 1.14. The van der Waals surface area contributed by atoms with E-state index < -0.39 is 0 Å². The highest BCUT2D eigenvalue weighted by Gasteiger charge is 2.02. The molecule has 0 saturated heterocycles. The predicted octanol–water partition coefficient (Wildman–Crippen LogP) is 3.10. The van der Waals surface area contributed by atoms with Crippen LogP contribution in [0.4, 0.5) is 0 Å². The number of ether oxygens (including phenoxy) is 1. The Kier molecular flexibility index (Phi) is 7.65. The van der Waals surface area contributed by atoms with Gasteiger partial charge in [0.05, 0.1) is 13.7 Å². The normalized spacial score (nSPS) is 11.6. The first-order valence-electron chi connectivity index (χ1n) is 7.72. The number of aliphatic imine (C=N–C) groups is 1. The summed E-state index contributed by atoms with van der Waals surface area (Å²) in [5.41, 5.74) is 2.30. The Hall–Kier alpha value is -1.71. The standard InChI is InChI=1S/C17H29N3O/c1-6-18-17(19-10-9-13(2)3)20-12-15-8-7-14(4)16(11-15)21-5/h7-8,11,13H,6,9-10,12H2,1-5H3,(H2,18,19,20). The first-order chi connectivity index (χ1) is 10.1. The third kappa shape index (κ3) is 6.52. The highest BCUT2D eigenvalue weighted by molar-refractivity contribution is 5.79. The van der Waals surface area contributed by atoms with Crippen molar-refractivity contribution >= 4 is 5.96 Å². The van der Waals surface area contributed by atoms with Gasteiger partial charge in [0.2, 0.25) is 0 Å². The fraction of sp³-hybridized carbons (Fsp3) is 0.588. The van der Waals surface area contributed by atoms with E-state index in [1.165, 1.54) is 0 Å². The van der Waals surface area contributed by atoms with Gasteiger partial charge in [-0.25, -0.2) is 4.99 Å². The van der Waals surface area contributed by atoms with E-state index in [-0.39, 0.29) is 0 Å². The summed E-state index contributed by atoms with van der Waals surface area (Å²) in [5, 5.41) is 6.64. The van der Waals surface area contributed by atoms with Gasteiger partial charge in [0.25, 0.3) is 0 Å². The predicted molar refractivity (Wildman–Crippen MR) is 90.0 cm³/mol. The zero-order valence-corrected chi connectivity index (χ0v) is 14.0. The van der Waals surface area contributed by atoms with Crippen LogP contribution in [0.2, 0.25) is 0 Å². The molecule has 118 valence electrons. The Morgan fingerprint density at radius 1 is 1.29 bits per heavy atom. The second kappa shape index (κ2) is 9.27.